The van der Waals surface area contributed by atoms with Crippen molar-refractivity contribution in [2.45, 2.75) is 13.8 Å². The van der Waals surface area contributed by atoms with E-state index in [4.69, 9.17) is 23.2 Å². The maximum absolute atomic E-state index is 6.04. The highest BCUT2D eigenvalue weighted by Gasteiger charge is 2.10. The van der Waals surface area contributed by atoms with Crippen molar-refractivity contribution < 1.29 is 0 Å². The molecule has 78 valence electrons. The Labute approximate surface area is 97.7 Å². The molecule has 0 aliphatic carbocycles. The van der Waals surface area contributed by atoms with Crippen LogP contribution in [-0.2, 0) is 0 Å². The minimum absolute atomic E-state index is 0.603. The molecular weight excluding hydrogens is 233 g/mol. The van der Waals surface area contributed by atoms with E-state index in [0.717, 1.165) is 11.4 Å². The van der Waals surface area contributed by atoms with E-state index in [0.29, 0.717) is 15.9 Å². The summed E-state index contributed by atoms with van der Waals surface area (Å²) in [4.78, 5) is 4.17. The van der Waals surface area contributed by atoms with Gasteiger partial charge in [-0.3, -0.25) is 0 Å². The Kier molecular flexibility index (Phi) is 2.67. The fourth-order valence-electron chi connectivity index (χ4n) is 1.34. The Morgan fingerprint density at radius 2 is 1.93 bits per heavy atom. The summed E-state index contributed by atoms with van der Waals surface area (Å²) in [6.45, 7) is 3.76. The smallest absolute Gasteiger partial charge is 0.153 e. The Balaban J connectivity index is 2.54. The van der Waals surface area contributed by atoms with Gasteiger partial charge in [0, 0.05) is 6.20 Å². The third-order valence-corrected chi connectivity index (χ3v) is 2.90. The van der Waals surface area contributed by atoms with Crippen molar-refractivity contribution in [3.8, 4) is 5.82 Å². The standard InChI is InChI=1S/C10H9Cl2N3/c1-6-10(12)7(2)15(14-6)9-4-3-8(11)5-13-9/h3-5H,1-2H3. The van der Waals surface area contributed by atoms with Crippen molar-refractivity contribution in [2.75, 3.05) is 0 Å². The molecule has 0 amide bonds. The summed E-state index contributed by atoms with van der Waals surface area (Å²) >= 11 is 11.8. The maximum atomic E-state index is 6.04. The van der Waals surface area contributed by atoms with Gasteiger partial charge in [-0.05, 0) is 26.0 Å². The van der Waals surface area contributed by atoms with Crippen LogP contribution in [0.15, 0.2) is 18.3 Å². The minimum atomic E-state index is 0.603. The number of rotatable bonds is 1. The van der Waals surface area contributed by atoms with Crippen LogP contribution in [0.4, 0.5) is 0 Å². The molecule has 2 aromatic heterocycles. The molecule has 2 rings (SSSR count). The monoisotopic (exact) mass is 241 g/mol. The quantitative estimate of drug-likeness (QED) is 0.768. The van der Waals surface area contributed by atoms with Crippen molar-refractivity contribution >= 4 is 23.2 Å². The van der Waals surface area contributed by atoms with Gasteiger partial charge in [-0.1, -0.05) is 23.2 Å². The Hall–Kier alpha value is -1.06. The summed E-state index contributed by atoms with van der Waals surface area (Å²) in [7, 11) is 0. The van der Waals surface area contributed by atoms with E-state index < -0.39 is 0 Å². The fourth-order valence-corrected chi connectivity index (χ4v) is 1.57. The lowest BCUT2D eigenvalue weighted by atomic mass is 10.4. The summed E-state index contributed by atoms with van der Waals surface area (Å²) in [5.74, 6) is 0.715. The first kappa shape index (κ1) is 10.5. The third-order valence-electron chi connectivity index (χ3n) is 2.13. The molecule has 15 heavy (non-hydrogen) atoms. The molecule has 5 heteroatoms. The van der Waals surface area contributed by atoms with E-state index in [-0.39, 0.29) is 0 Å². The predicted molar refractivity (Wildman–Crippen MR) is 60.9 cm³/mol. The number of aromatic nitrogens is 3. The minimum Gasteiger partial charge on any atom is -0.236 e. The molecule has 0 N–H and O–H groups in total. The van der Waals surface area contributed by atoms with Gasteiger partial charge in [-0.15, -0.1) is 0 Å². The first-order chi connectivity index (χ1) is 7.09. The van der Waals surface area contributed by atoms with Crippen LogP contribution in [0.3, 0.4) is 0 Å². The molecule has 3 nitrogen and oxygen atoms in total. The largest absolute Gasteiger partial charge is 0.236 e. The molecular formula is C10H9Cl2N3. The summed E-state index contributed by atoms with van der Waals surface area (Å²) < 4.78 is 1.70. The van der Waals surface area contributed by atoms with Crippen molar-refractivity contribution in [3.63, 3.8) is 0 Å². The van der Waals surface area contributed by atoms with Crippen LogP contribution in [0.5, 0.6) is 0 Å². The highest BCUT2D eigenvalue weighted by Crippen LogP contribution is 2.21. The van der Waals surface area contributed by atoms with Gasteiger partial charge < -0.3 is 0 Å². The second-order valence-corrected chi connectivity index (χ2v) is 4.05. The Bertz CT molecular complexity index is 488. The number of nitrogens with zero attached hydrogens (tertiary/aromatic N) is 3. The zero-order valence-corrected chi connectivity index (χ0v) is 9.84. The molecule has 0 aliphatic heterocycles. The zero-order valence-electron chi connectivity index (χ0n) is 8.33. The first-order valence-corrected chi connectivity index (χ1v) is 5.19. The number of pyridine rings is 1. The zero-order chi connectivity index (χ0) is 11.0. The summed E-state index contributed by atoms with van der Waals surface area (Å²) in [5.41, 5.74) is 1.68. The van der Waals surface area contributed by atoms with E-state index in [1.165, 1.54) is 0 Å². The first-order valence-electron chi connectivity index (χ1n) is 4.43. The van der Waals surface area contributed by atoms with Crippen LogP contribution in [0.2, 0.25) is 10.0 Å². The summed E-state index contributed by atoms with van der Waals surface area (Å²) in [6, 6.07) is 3.58. The lowest BCUT2D eigenvalue weighted by molar-refractivity contribution is 0.806. The summed E-state index contributed by atoms with van der Waals surface area (Å²) in [6.07, 6.45) is 1.58. The van der Waals surface area contributed by atoms with Gasteiger partial charge in [0.15, 0.2) is 5.82 Å². The molecule has 2 aromatic rings. The van der Waals surface area contributed by atoms with Crippen LogP contribution in [0.25, 0.3) is 5.82 Å². The van der Waals surface area contributed by atoms with Gasteiger partial charge in [0.2, 0.25) is 0 Å². The molecule has 0 fully saturated rings. The van der Waals surface area contributed by atoms with Gasteiger partial charge in [0.25, 0.3) is 0 Å². The molecule has 0 spiro atoms. The molecule has 0 saturated carbocycles. The average Bonchev–Trinajstić information content (AvgIpc) is 2.47. The maximum Gasteiger partial charge on any atom is 0.153 e. The van der Waals surface area contributed by atoms with E-state index in [1.807, 2.05) is 13.8 Å². The third kappa shape index (κ3) is 1.85. The van der Waals surface area contributed by atoms with Crippen LogP contribution in [-0.4, -0.2) is 14.8 Å². The lowest BCUT2D eigenvalue weighted by Gasteiger charge is -2.02. The molecule has 0 saturated heterocycles. The van der Waals surface area contributed by atoms with E-state index >= 15 is 0 Å². The van der Waals surface area contributed by atoms with Gasteiger partial charge in [-0.25, -0.2) is 9.67 Å². The highest BCUT2D eigenvalue weighted by atomic mass is 35.5. The number of hydrogen-bond acceptors (Lipinski definition) is 2. The van der Waals surface area contributed by atoms with Crippen LogP contribution in [0.1, 0.15) is 11.4 Å². The molecule has 0 atom stereocenters. The van der Waals surface area contributed by atoms with Crippen molar-refractivity contribution in [1.82, 2.24) is 14.8 Å². The topological polar surface area (TPSA) is 30.7 Å². The van der Waals surface area contributed by atoms with E-state index in [1.54, 1.807) is 23.0 Å². The van der Waals surface area contributed by atoms with Crippen molar-refractivity contribution in [1.29, 1.82) is 0 Å². The van der Waals surface area contributed by atoms with Gasteiger partial charge in [0.1, 0.15) is 0 Å². The van der Waals surface area contributed by atoms with Crippen molar-refractivity contribution in [3.05, 3.63) is 39.8 Å². The Morgan fingerprint density at radius 1 is 1.20 bits per heavy atom. The van der Waals surface area contributed by atoms with Gasteiger partial charge in [0.05, 0.1) is 21.4 Å². The molecule has 2 heterocycles. The summed E-state index contributed by atoms with van der Waals surface area (Å²) in [5, 5.41) is 5.56. The van der Waals surface area contributed by atoms with E-state index in [2.05, 4.69) is 10.1 Å². The number of halogens is 2. The van der Waals surface area contributed by atoms with Crippen LogP contribution >= 0.6 is 23.2 Å². The molecule has 0 bridgehead atoms. The van der Waals surface area contributed by atoms with Crippen LogP contribution < -0.4 is 0 Å². The lowest BCUT2D eigenvalue weighted by Crippen LogP contribution is -2.01. The van der Waals surface area contributed by atoms with Gasteiger partial charge in [-0.2, -0.15) is 5.10 Å². The fraction of sp³-hybridized carbons (Fsp3) is 0.200. The molecule has 0 aliphatic rings. The van der Waals surface area contributed by atoms with E-state index in [9.17, 15) is 0 Å². The number of aryl methyl sites for hydroxylation is 1. The Morgan fingerprint density at radius 3 is 2.40 bits per heavy atom. The molecule has 0 radical (unpaired) electrons. The SMILES string of the molecule is Cc1nn(-c2ccc(Cl)cn2)c(C)c1Cl. The van der Waals surface area contributed by atoms with Gasteiger partial charge >= 0.3 is 0 Å². The highest BCUT2D eigenvalue weighted by molar-refractivity contribution is 6.31. The molecule has 0 unspecified atom stereocenters. The molecule has 0 aromatic carbocycles. The normalized spacial score (nSPS) is 10.7. The predicted octanol–water partition coefficient (Wildman–Crippen LogP) is 3.19. The average molecular weight is 242 g/mol. The second kappa shape index (κ2) is 3.83. The van der Waals surface area contributed by atoms with Crippen LogP contribution in [0, 0.1) is 13.8 Å². The number of hydrogen-bond donors (Lipinski definition) is 0. The van der Waals surface area contributed by atoms with Crippen molar-refractivity contribution in [2.24, 2.45) is 0 Å². The second-order valence-electron chi connectivity index (χ2n) is 3.23.